The van der Waals surface area contributed by atoms with Crippen LogP contribution in [0.3, 0.4) is 0 Å². The molecule has 0 bridgehead atoms. The van der Waals surface area contributed by atoms with Crippen LogP contribution in [0, 0.1) is 0 Å². The molecule has 0 saturated heterocycles. The molecule has 0 aliphatic heterocycles. The molecular weight excluding hydrogens is 273 g/mol. The molecule has 0 aliphatic rings. The fourth-order valence-electron chi connectivity index (χ4n) is 1.97. The summed E-state index contributed by atoms with van der Waals surface area (Å²) in [5.41, 5.74) is 1.95. The van der Waals surface area contributed by atoms with Gasteiger partial charge in [-0.2, -0.15) is 5.10 Å². The Morgan fingerprint density at radius 2 is 2.05 bits per heavy atom. The third-order valence-corrected chi connectivity index (χ3v) is 5.17. The quantitative estimate of drug-likeness (QED) is 0.679. The summed E-state index contributed by atoms with van der Waals surface area (Å²) in [5.74, 6) is 0. The Kier molecular flexibility index (Phi) is 3.00. The molecule has 0 aliphatic carbocycles. The second-order valence-corrected chi connectivity index (χ2v) is 10.8. The number of hydrogen-bond donors (Lipinski definition) is 0. The number of fused-ring (bicyclic) bond motifs is 1. The molecule has 3 aromatic rings. The van der Waals surface area contributed by atoms with E-state index >= 15 is 0 Å². The highest BCUT2D eigenvalue weighted by molar-refractivity contribution is 8.17. The normalized spacial score (nSPS) is 11.9. The Hall–Kier alpha value is -1.51. The number of benzene rings is 1. The van der Waals surface area contributed by atoms with E-state index in [4.69, 9.17) is 11.8 Å². The van der Waals surface area contributed by atoms with Crippen LogP contribution in [0.2, 0.25) is 0 Å². The average molecular weight is 287 g/mol. The topological polar surface area (TPSA) is 30.7 Å². The maximum atomic E-state index is 5.59. The second kappa shape index (κ2) is 4.55. The monoisotopic (exact) mass is 287 g/mol. The Labute approximate surface area is 117 Å². The van der Waals surface area contributed by atoms with Gasteiger partial charge in [-0.25, -0.2) is 4.68 Å². The van der Waals surface area contributed by atoms with Gasteiger partial charge in [0.05, 0.1) is 17.4 Å². The number of rotatable bonds is 2. The van der Waals surface area contributed by atoms with Crippen LogP contribution < -0.4 is 5.30 Å². The third-order valence-electron chi connectivity index (χ3n) is 3.02. The van der Waals surface area contributed by atoms with Crippen LogP contribution in [0.5, 0.6) is 0 Å². The smallest absolute Gasteiger partial charge is 0.0928 e. The summed E-state index contributed by atoms with van der Waals surface area (Å²) < 4.78 is 1.86. The van der Waals surface area contributed by atoms with E-state index in [1.54, 1.807) is 12.4 Å². The predicted octanol–water partition coefficient (Wildman–Crippen LogP) is 2.78. The molecule has 96 valence electrons. The van der Waals surface area contributed by atoms with Crippen LogP contribution in [0.15, 0.2) is 48.9 Å². The Morgan fingerprint density at radius 3 is 2.74 bits per heavy atom. The summed E-state index contributed by atoms with van der Waals surface area (Å²) in [6.45, 7) is 4.30. The molecule has 0 unspecified atom stereocenters. The minimum atomic E-state index is -1.40. The van der Waals surface area contributed by atoms with Gasteiger partial charge in [-0.3, -0.25) is 4.98 Å². The first-order valence-electron chi connectivity index (χ1n) is 5.99. The van der Waals surface area contributed by atoms with Gasteiger partial charge in [0.2, 0.25) is 0 Å². The summed E-state index contributed by atoms with van der Waals surface area (Å²) in [6.07, 6.45) is 5.59. The van der Waals surface area contributed by atoms with Gasteiger partial charge in [0.1, 0.15) is 0 Å². The summed E-state index contributed by atoms with van der Waals surface area (Å²) in [7, 11) is 0. The van der Waals surface area contributed by atoms with E-state index in [0.717, 1.165) is 16.6 Å². The zero-order valence-electron chi connectivity index (χ0n) is 10.8. The van der Waals surface area contributed by atoms with E-state index in [0.29, 0.717) is 0 Å². The molecule has 19 heavy (non-hydrogen) atoms. The molecule has 3 nitrogen and oxygen atoms in total. The van der Waals surface area contributed by atoms with E-state index < -0.39 is 6.04 Å². The van der Waals surface area contributed by atoms with Crippen molar-refractivity contribution >= 4 is 34.1 Å². The highest BCUT2D eigenvalue weighted by Gasteiger charge is 2.09. The Bertz CT molecular complexity index is 774. The SMILES string of the molecule is CP(C)(=S)c1ccc2nn(-c3cccnc3)cc2c1. The predicted molar refractivity (Wildman–Crippen MR) is 84.6 cm³/mol. The maximum absolute atomic E-state index is 5.59. The van der Waals surface area contributed by atoms with Gasteiger partial charge in [0.25, 0.3) is 0 Å². The highest BCUT2D eigenvalue weighted by Crippen LogP contribution is 2.35. The van der Waals surface area contributed by atoms with Crippen molar-refractivity contribution in [1.82, 2.24) is 14.8 Å². The number of nitrogens with zero attached hydrogens (tertiary/aromatic N) is 3. The van der Waals surface area contributed by atoms with Crippen LogP contribution in [0.1, 0.15) is 0 Å². The Morgan fingerprint density at radius 1 is 1.21 bits per heavy atom. The van der Waals surface area contributed by atoms with Crippen molar-refractivity contribution in [3.05, 3.63) is 48.9 Å². The lowest BCUT2D eigenvalue weighted by Crippen LogP contribution is -2.00. The maximum Gasteiger partial charge on any atom is 0.0928 e. The van der Waals surface area contributed by atoms with Gasteiger partial charge >= 0.3 is 0 Å². The van der Waals surface area contributed by atoms with Crippen molar-refractivity contribution in [2.24, 2.45) is 0 Å². The number of hydrogen-bond acceptors (Lipinski definition) is 3. The van der Waals surface area contributed by atoms with Crippen molar-refractivity contribution in [3.8, 4) is 5.69 Å². The van der Waals surface area contributed by atoms with Gasteiger partial charge in [-0.15, -0.1) is 0 Å². The molecule has 0 fully saturated rings. The van der Waals surface area contributed by atoms with Gasteiger partial charge in [0.15, 0.2) is 0 Å². The van der Waals surface area contributed by atoms with Crippen LogP contribution in [0.4, 0.5) is 0 Å². The molecule has 2 aromatic heterocycles. The molecular formula is C14H14N3PS. The molecule has 2 heterocycles. The summed E-state index contributed by atoms with van der Waals surface area (Å²) in [6, 6.07) is 8.81. The largest absolute Gasteiger partial charge is 0.262 e. The first kappa shape index (κ1) is 12.5. The molecule has 1 aromatic carbocycles. The standard InChI is InChI=1S/C14H14N3PS/c1-18(2,19)13-5-6-14-11(8-13)10-17(16-14)12-4-3-7-15-9-12/h3-10H,1-2H3. The lowest BCUT2D eigenvalue weighted by atomic mass is 10.3. The summed E-state index contributed by atoms with van der Waals surface area (Å²) in [5, 5.41) is 6.94. The fourth-order valence-corrected chi connectivity index (χ4v) is 3.19. The molecule has 0 N–H and O–H groups in total. The van der Waals surface area contributed by atoms with E-state index in [2.05, 4.69) is 35.5 Å². The van der Waals surface area contributed by atoms with Crippen molar-refractivity contribution in [2.75, 3.05) is 13.3 Å². The van der Waals surface area contributed by atoms with E-state index in [1.807, 2.05) is 29.1 Å². The van der Waals surface area contributed by atoms with Crippen molar-refractivity contribution in [3.63, 3.8) is 0 Å². The highest BCUT2D eigenvalue weighted by atomic mass is 32.4. The molecule has 0 radical (unpaired) electrons. The van der Waals surface area contributed by atoms with Crippen molar-refractivity contribution < 1.29 is 0 Å². The molecule has 0 spiro atoms. The molecule has 5 heteroatoms. The minimum absolute atomic E-state index is 0.965. The molecule has 0 atom stereocenters. The summed E-state index contributed by atoms with van der Waals surface area (Å²) >= 11 is 5.59. The van der Waals surface area contributed by atoms with Gasteiger partial charge in [-0.05, 0) is 48.9 Å². The molecule has 0 saturated carbocycles. The lowest BCUT2D eigenvalue weighted by Gasteiger charge is -2.09. The van der Waals surface area contributed by atoms with Crippen LogP contribution >= 0.6 is 6.04 Å². The second-order valence-electron chi connectivity index (χ2n) is 4.88. The van der Waals surface area contributed by atoms with Crippen molar-refractivity contribution in [2.45, 2.75) is 0 Å². The molecule has 3 rings (SSSR count). The van der Waals surface area contributed by atoms with Gasteiger partial charge < -0.3 is 0 Å². The van der Waals surface area contributed by atoms with Crippen molar-refractivity contribution in [1.29, 1.82) is 0 Å². The summed E-state index contributed by atoms with van der Waals surface area (Å²) in [4.78, 5) is 4.12. The zero-order chi connectivity index (χ0) is 13.5. The Balaban J connectivity index is 2.14. The first-order chi connectivity index (χ1) is 9.04. The van der Waals surface area contributed by atoms with E-state index in [9.17, 15) is 0 Å². The van der Waals surface area contributed by atoms with Crippen LogP contribution in [-0.2, 0) is 11.8 Å². The minimum Gasteiger partial charge on any atom is -0.262 e. The van der Waals surface area contributed by atoms with Gasteiger partial charge in [0, 0.05) is 17.8 Å². The third kappa shape index (κ3) is 2.46. The lowest BCUT2D eigenvalue weighted by molar-refractivity contribution is 0.889. The van der Waals surface area contributed by atoms with Crippen LogP contribution in [-0.4, -0.2) is 28.1 Å². The van der Waals surface area contributed by atoms with E-state index in [-0.39, 0.29) is 0 Å². The number of pyridine rings is 1. The first-order valence-corrected chi connectivity index (χ1v) is 9.69. The van der Waals surface area contributed by atoms with Crippen LogP contribution in [0.25, 0.3) is 16.6 Å². The van der Waals surface area contributed by atoms with E-state index in [1.165, 1.54) is 5.30 Å². The number of aromatic nitrogens is 3. The molecule has 0 amide bonds. The average Bonchev–Trinajstić information content (AvgIpc) is 2.81. The fraction of sp³-hybridized carbons (Fsp3) is 0.143. The van der Waals surface area contributed by atoms with Gasteiger partial charge in [-0.1, -0.05) is 17.9 Å². The zero-order valence-corrected chi connectivity index (χ0v) is 12.5.